The Hall–Kier alpha value is -1.11. The fourth-order valence-corrected chi connectivity index (χ4v) is 3.32. The number of ether oxygens (including phenoxy) is 1. The van der Waals surface area contributed by atoms with Crippen molar-refractivity contribution in [1.29, 1.82) is 0 Å². The van der Waals surface area contributed by atoms with Gasteiger partial charge in [-0.2, -0.15) is 0 Å². The first kappa shape index (κ1) is 14.3. The molecule has 0 spiro atoms. The average Bonchev–Trinajstić information content (AvgIpc) is 2.46. The van der Waals surface area contributed by atoms with E-state index in [1.165, 1.54) is 13.2 Å². The topological polar surface area (TPSA) is 67.4 Å². The molecule has 106 valence electrons. The summed E-state index contributed by atoms with van der Waals surface area (Å²) >= 11 is 0. The molecule has 2 rings (SSSR count). The molecule has 0 saturated carbocycles. The summed E-state index contributed by atoms with van der Waals surface area (Å²) in [5, 5.41) is 3.26. The van der Waals surface area contributed by atoms with Gasteiger partial charge in [0.15, 0.2) is 0 Å². The van der Waals surface area contributed by atoms with E-state index < -0.39 is 10.0 Å². The Morgan fingerprint density at radius 1 is 1.37 bits per heavy atom. The van der Waals surface area contributed by atoms with Gasteiger partial charge in [0.25, 0.3) is 0 Å². The Balaban J connectivity index is 2.00. The lowest BCUT2D eigenvalue weighted by Gasteiger charge is -2.22. The summed E-state index contributed by atoms with van der Waals surface area (Å²) in [7, 11) is -1.92. The van der Waals surface area contributed by atoms with Crippen molar-refractivity contribution < 1.29 is 13.2 Å². The van der Waals surface area contributed by atoms with Gasteiger partial charge in [0, 0.05) is 12.6 Å². The van der Waals surface area contributed by atoms with Crippen LogP contribution in [0.3, 0.4) is 0 Å². The van der Waals surface area contributed by atoms with Crippen LogP contribution in [0.25, 0.3) is 0 Å². The van der Waals surface area contributed by atoms with E-state index in [4.69, 9.17) is 4.74 Å². The van der Waals surface area contributed by atoms with Gasteiger partial charge in [-0.25, -0.2) is 13.1 Å². The van der Waals surface area contributed by atoms with E-state index in [1.54, 1.807) is 18.2 Å². The van der Waals surface area contributed by atoms with E-state index in [1.807, 2.05) is 0 Å². The van der Waals surface area contributed by atoms with Crippen molar-refractivity contribution in [3.63, 3.8) is 0 Å². The predicted octanol–water partition coefficient (Wildman–Crippen LogP) is 0.973. The number of hydrogen-bond acceptors (Lipinski definition) is 4. The molecule has 1 saturated heterocycles. The number of nitrogens with one attached hydrogen (secondary N) is 2. The largest absolute Gasteiger partial charge is 0.497 e. The van der Waals surface area contributed by atoms with Crippen molar-refractivity contribution in [2.45, 2.75) is 17.7 Å². The molecule has 1 fully saturated rings. The molecule has 0 radical (unpaired) electrons. The van der Waals surface area contributed by atoms with Crippen LogP contribution in [0, 0.1) is 5.92 Å². The zero-order chi connectivity index (χ0) is 13.7. The zero-order valence-electron chi connectivity index (χ0n) is 11.1. The van der Waals surface area contributed by atoms with Gasteiger partial charge in [-0.1, -0.05) is 6.07 Å². The Morgan fingerprint density at radius 2 is 2.11 bits per heavy atom. The van der Waals surface area contributed by atoms with E-state index in [0.29, 0.717) is 18.2 Å². The number of sulfonamides is 1. The average molecular weight is 284 g/mol. The smallest absolute Gasteiger partial charge is 0.240 e. The highest BCUT2D eigenvalue weighted by Crippen LogP contribution is 2.17. The Labute approximate surface area is 114 Å². The maximum Gasteiger partial charge on any atom is 0.240 e. The molecule has 0 aromatic heterocycles. The van der Waals surface area contributed by atoms with Gasteiger partial charge in [-0.05, 0) is 44.0 Å². The molecule has 19 heavy (non-hydrogen) atoms. The van der Waals surface area contributed by atoms with Crippen LogP contribution in [0.2, 0.25) is 0 Å². The SMILES string of the molecule is COc1cccc(S(=O)(=O)NCC2CCNCC2)c1. The second-order valence-electron chi connectivity index (χ2n) is 4.72. The van der Waals surface area contributed by atoms with Gasteiger partial charge < -0.3 is 10.1 Å². The van der Waals surface area contributed by atoms with Crippen molar-refractivity contribution in [2.24, 2.45) is 5.92 Å². The lowest BCUT2D eigenvalue weighted by Crippen LogP contribution is -2.35. The van der Waals surface area contributed by atoms with Crippen LogP contribution >= 0.6 is 0 Å². The molecule has 1 aliphatic rings. The monoisotopic (exact) mass is 284 g/mol. The minimum atomic E-state index is -3.44. The van der Waals surface area contributed by atoms with Crippen LogP contribution in [0.5, 0.6) is 5.75 Å². The molecule has 1 aromatic carbocycles. The van der Waals surface area contributed by atoms with Gasteiger partial charge in [-0.3, -0.25) is 0 Å². The first-order chi connectivity index (χ1) is 9.12. The second-order valence-corrected chi connectivity index (χ2v) is 6.49. The fraction of sp³-hybridized carbons (Fsp3) is 0.538. The first-order valence-corrected chi connectivity index (χ1v) is 7.94. The highest BCUT2D eigenvalue weighted by Gasteiger charge is 2.18. The minimum absolute atomic E-state index is 0.251. The lowest BCUT2D eigenvalue weighted by atomic mass is 9.99. The van der Waals surface area contributed by atoms with Crippen molar-refractivity contribution >= 4 is 10.0 Å². The maximum absolute atomic E-state index is 12.2. The number of methoxy groups -OCH3 is 1. The summed E-state index contributed by atoms with van der Waals surface area (Å²) in [6.45, 7) is 2.43. The summed E-state index contributed by atoms with van der Waals surface area (Å²) in [6, 6.07) is 6.52. The van der Waals surface area contributed by atoms with Crippen molar-refractivity contribution in [2.75, 3.05) is 26.7 Å². The van der Waals surface area contributed by atoms with E-state index in [2.05, 4.69) is 10.0 Å². The van der Waals surface area contributed by atoms with Gasteiger partial charge in [0.05, 0.1) is 12.0 Å². The standard InChI is InChI=1S/C13H20N2O3S/c1-18-12-3-2-4-13(9-12)19(16,17)15-10-11-5-7-14-8-6-11/h2-4,9,11,14-15H,5-8,10H2,1H3. The summed E-state index contributed by atoms with van der Waals surface area (Å²) < 4.78 is 32.1. The lowest BCUT2D eigenvalue weighted by molar-refractivity contribution is 0.372. The van der Waals surface area contributed by atoms with Gasteiger partial charge in [0.1, 0.15) is 5.75 Å². The van der Waals surface area contributed by atoms with Gasteiger partial charge >= 0.3 is 0 Å². The molecule has 0 unspecified atom stereocenters. The van der Waals surface area contributed by atoms with E-state index in [0.717, 1.165) is 25.9 Å². The third kappa shape index (κ3) is 3.92. The quantitative estimate of drug-likeness (QED) is 0.845. The Kier molecular flexibility index (Phi) is 4.79. The van der Waals surface area contributed by atoms with Crippen LogP contribution in [0.15, 0.2) is 29.2 Å². The normalized spacial score (nSPS) is 17.3. The molecule has 5 nitrogen and oxygen atoms in total. The maximum atomic E-state index is 12.2. The molecule has 0 aliphatic carbocycles. The molecule has 1 aliphatic heterocycles. The van der Waals surface area contributed by atoms with Gasteiger partial charge in [-0.15, -0.1) is 0 Å². The zero-order valence-corrected chi connectivity index (χ0v) is 11.9. The Morgan fingerprint density at radius 3 is 2.79 bits per heavy atom. The first-order valence-electron chi connectivity index (χ1n) is 6.46. The number of rotatable bonds is 5. The van der Waals surface area contributed by atoms with Crippen LogP contribution in [0.4, 0.5) is 0 Å². The number of piperidine rings is 1. The molecule has 1 aromatic rings. The van der Waals surface area contributed by atoms with Crippen molar-refractivity contribution in [1.82, 2.24) is 10.0 Å². The molecule has 6 heteroatoms. The van der Waals surface area contributed by atoms with E-state index in [9.17, 15) is 8.42 Å². The molecule has 0 atom stereocenters. The van der Waals surface area contributed by atoms with E-state index >= 15 is 0 Å². The minimum Gasteiger partial charge on any atom is -0.497 e. The number of hydrogen-bond donors (Lipinski definition) is 2. The highest BCUT2D eigenvalue weighted by atomic mass is 32.2. The summed E-state index contributed by atoms with van der Waals surface area (Å²) in [4.78, 5) is 0.251. The number of benzene rings is 1. The van der Waals surface area contributed by atoms with Crippen LogP contribution < -0.4 is 14.8 Å². The summed E-state index contributed by atoms with van der Waals surface area (Å²) in [6.07, 6.45) is 2.03. The van der Waals surface area contributed by atoms with E-state index in [-0.39, 0.29) is 4.90 Å². The van der Waals surface area contributed by atoms with Crippen molar-refractivity contribution in [3.05, 3.63) is 24.3 Å². The van der Waals surface area contributed by atoms with Crippen LogP contribution in [0.1, 0.15) is 12.8 Å². The van der Waals surface area contributed by atoms with Crippen LogP contribution in [-0.4, -0.2) is 35.2 Å². The molecule has 0 amide bonds. The Bertz CT molecular complexity index is 510. The highest BCUT2D eigenvalue weighted by molar-refractivity contribution is 7.89. The second kappa shape index (κ2) is 6.36. The summed E-state index contributed by atoms with van der Waals surface area (Å²) in [5.41, 5.74) is 0. The van der Waals surface area contributed by atoms with Crippen molar-refractivity contribution in [3.8, 4) is 5.75 Å². The molecular formula is C13H20N2O3S. The van der Waals surface area contributed by atoms with Crippen LogP contribution in [-0.2, 0) is 10.0 Å². The molecule has 2 N–H and O–H groups in total. The fourth-order valence-electron chi connectivity index (χ4n) is 2.17. The molecule has 1 heterocycles. The third-order valence-corrected chi connectivity index (χ3v) is 4.79. The summed E-state index contributed by atoms with van der Waals surface area (Å²) in [5.74, 6) is 0.964. The third-order valence-electron chi connectivity index (χ3n) is 3.37. The predicted molar refractivity (Wildman–Crippen MR) is 73.8 cm³/mol. The molecular weight excluding hydrogens is 264 g/mol. The molecule has 0 bridgehead atoms. The van der Waals surface area contributed by atoms with Gasteiger partial charge in [0.2, 0.25) is 10.0 Å².